The number of rotatable bonds is 5. The minimum atomic E-state index is -3.88. The van der Waals surface area contributed by atoms with Crippen LogP contribution in [0.5, 0.6) is 0 Å². The van der Waals surface area contributed by atoms with Crippen LogP contribution in [0.25, 0.3) is 0 Å². The Hall–Kier alpha value is -1.05. The summed E-state index contributed by atoms with van der Waals surface area (Å²) in [5.41, 5.74) is 0. The Balaban J connectivity index is 2.83. The highest BCUT2D eigenvalue weighted by atomic mass is 32.2. The first-order valence-electron chi connectivity index (χ1n) is 4.17. The summed E-state index contributed by atoms with van der Waals surface area (Å²) in [7, 11) is -2.44. The molecule has 1 heterocycles. The van der Waals surface area contributed by atoms with Crippen molar-refractivity contribution >= 4 is 10.0 Å². The molecule has 0 aliphatic rings. The van der Waals surface area contributed by atoms with Gasteiger partial charge in [0.25, 0.3) is 10.0 Å². The van der Waals surface area contributed by atoms with Gasteiger partial charge in [-0.25, -0.2) is 22.5 Å². The lowest BCUT2D eigenvalue weighted by Crippen LogP contribution is -2.28. The minimum Gasteiger partial charge on any atom is -0.383 e. The second kappa shape index (κ2) is 5.15. The van der Waals surface area contributed by atoms with Gasteiger partial charge in [-0.2, -0.15) is 0 Å². The van der Waals surface area contributed by atoms with Gasteiger partial charge in [0.1, 0.15) is 0 Å². The highest BCUT2D eigenvalue weighted by Crippen LogP contribution is 2.08. The number of halogens is 1. The third-order valence-corrected chi connectivity index (χ3v) is 2.97. The molecule has 0 radical (unpaired) electrons. The molecular weight excluding hydrogens is 223 g/mol. The first kappa shape index (κ1) is 12.0. The summed E-state index contributed by atoms with van der Waals surface area (Å²) in [5, 5.41) is -0.596. The van der Waals surface area contributed by atoms with Crippen LogP contribution in [0.4, 0.5) is 4.39 Å². The highest BCUT2D eigenvalue weighted by molar-refractivity contribution is 7.89. The first-order chi connectivity index (χ1) is 7.08. The maximum Gasteiger partial charge on any atom is 0.261 e. The van der Waals surface area contributed by atoms with Crippen molar-refractivity contribution in [3.63, 3.8) is 0 Å². The molecule has 0 saturated carbocycles. The number of hydrogen-bond donors (Lipinski definition) is 1. The lowest BCUT2D eigenvalue weighted by atomic mass is 10.5. The molecule has 1 aromatic heterocycles. The van der Waals surface area contributed by atoms with Crippen LogP contribution in [-0.4, -0.2) is 33.7 Å². The van der Waals surface area contributed by atoms with Crippen molar-refractivity contribution < 1.29 is 17.5 Å². The number of nitrogens with one attached hydrogen (secondary N) is 1. The summed E-state index contributed by atoms with van der Waals surface area (Å²) >= 11 is 0. The van der Waals surface area contributed by atoms with Crippen LogP contribution >= 0.6 is 0 Å². The Bertz CT molecular complexity index is 422. The highest BCUT2D eigenvalue weighted by Gasteiger charge is 2.19. The zero-order chi connectivity index (χ0) is 11.3. The molecule has 0 bridgehead atoms. The van der Waals surface area contributed by atoms with Crippen LogP contribution in [0, 0.1) is 5.82 Å². The maximum atomic E-state index is 13.1. The van der Waals surface area contributed by atoms with Crippen LogP contribution in [-0.2, 0) is 14.8 Å². The molecule has 0 atom stereocenters. The summed E-state index contributed by atoms with van der Waals surface area (Å²) in [6.45, 7) is 0.294. The zero-order valence-corrected chi connectivity index (χ0v) is 8.92. The molecule has 84 valence electrons. The van der Waals surface area contributed by atoms with Crippen LogP contribution in [0.15, 0.2) is 23.4 Å². The van der Waals surface area contributed by atoms with Gasteiger partial charge in [0.2, 0.25) is 5.03 Å². The standard InChI is InChI=1S/C8H11FN2O3S/c1-14-6-5-11-15(12,13)8-7(9)3-2-4-10-8/h2-4,11H,5-6H2,1H3. The van der Waals surface area contributed by atoms with Gasteiger partial charge in [0.05, 0.1) is 6.61 Å². The van der Waals surface area contributed by atoms with Gasteiger partial charge in [-0.1, -0.05) is 0 Å². The van der Waals surface area contributed by atoms with Crippen molar-refractivity contribution in [1.29, 1.82) is 0 Å². The monoisotopic (exact) mass is 234 g/mol. The largest absolute Gasteiger partial charge is 0.383 e. The molecule has 15 heavy (non-hydrogen) atoms. The van der Waals surface area contributed by atoms with E-state index in [1.165, 1.54) is 19.4 Å². The van der Waals surface area contributed by atoms with E-state index < -0.39 is 20.9 Å². The molecule has 1 aromatic rings. The van der Waals surface area contributed by atoms with Gasteiger partial charge >= 0.3 is 0 Å². The molecule has 1 rings (SSSR count). The predicted molar refractivity (Wildman–Crippen MR) is 51.3 cm³/mol. The van der Waals surface area contributed by atoms with Crippen molar-refractivity contribution in [3.05, 3.63) is 24.1 Å². The summed E-state index contributed by atoms with van der Waals surface area (Å²) < 4.78 is 42.8. The fourth-order valence-electron chi connectivity index (χ4n) is 0.915. The summed E-state index contributed by atoms with van der Waals surface area (Å²) in [5.74, 6) is -0.873. The van der Waals surface area contributed by atoms with E-state index in [0.29, 0.717) is 0 Å². The zero-order valence-electron chi connectivity index (χ0n) is 8.10. The number of nitrogens with zero attached hydrogens (tertiary/aromatic N) is 1. The molecule has 7 heteroatoms. The van der Waals surface area contributed by atoms with Gasteiger partial charge < -0.3 is 4.74 Å². The number of sulfonamides is 1. The Morgan fingerprint density at radius 3 is 2.93 bits per heavy atom. The topological polar surface area (TPSA) is 68.3 Å². The van der Waals surface area contributed by atoms with E-state index in [1.54, 1.807) is 0 Å². The Morgan fingerprint density at radius 2 is 2.33 bits per heavy atom. The summed E-state index contributed by atoms with van der Waals surface area (Å²) in [4.78, 5) is 3.46. The summed E-state index contributed by atoms with van der Waals surface area (Å²) in [6, 6.07) is 2.36. The molecule has 0 saturated heterocycles. The first-order valence-corrected chi connectivity index (χ1v) is 5.65. The molecule has 0 aromatic carbocycles. The van der Waals surface area contributed by atoms with Gasteiger partial charge in [0, 0.05) is 19.9 Å². The minimum absolute atomic E-state index is 0.0782. The Kier molecular flexibility index (Phi) is 4.13. The molecule has 1 N–H and O–H groups in total. The Morgan fingerprint density at radius 1 is 1.60 bits per heavy atom. The van der Waals surface area contributed by atoms with Crippen LogP contribution in [0.3, 0.4) is 0 Å². The predicted octanol–water partition coefficient (Wildman–Crippen LogP) is 0.145. The Labute approximate surface area is 87.3 Å². The molecule has 5 nitrogen and oxygen atoms in total. The summed E-state index contributed by atoms with van der Waals surface area (Å²) in [6.07, 6.45) is 1.22. The number of aromatic nitrogens is 1. The third kappa shape index (κ3) is 3.22. The quantitative estimate of drug-likeness (QED) is 0.736. The van der Waals surface area contributed by atoms with E-state index in [0.717, 1.165) is 6.07 Å². The normalized spacial score (nSPS) is 11.6. The van der Waals surface area contributed by atoms with E-state index in [-0.39, 0.29) is 13.2 Å². The molecule has 0 fully saturated rings. The van der Waals surface area contributed by atoms with Gasteiger partial charge in [-0.3, -0.25) is 0 Å². The molecule has 0 aliphatic carbocycles. The average Bonchev–Trinajstić information content (AvgIpc) is 2.18. The third-order valence-electron chi connectivity index (χ3n) is 1.58. The van der Waals surface area contributed by atoms with E-state index in [2.05, 4.69) is 14.4 Å². The van der Waals surface area contributed by atoms with Crippen molar-refractivity contribution in [3.8, 4) is 0 Å². The lowest BCUT2D eigenvalue weighted by molar-refractivity contribution is 0.204. The molecule has 0 unspecified atom stereocenters. The van der Waals surface area contributed by atoms with Crippen LogP contribution in [0.1, 0.15) is 0 Å². The van der Waals surface area contributed by atoms with Crippen molar-refractivity contribution in [2.45, 2.75) is 5.03 Å². The number of pyridine rings is 1. The van der Waals surface area contributed by atoms with Crippen LogP contribution < -0.4 is 4.72 Å². The molecule has 0 aliphatic heterocycles. The molecule has 0 spiro atoms. The maximum absolute atomic E-state index is 13.1. The SMILES string of the molecule is COCCNS(=O)(=O)c1ncccc1F. The van der Waals surface area contributed by atoms with E-state index in [4.69, 9.17) is 0 Å². The number of methoxy groups -OCH3 is 1. The lowest BCUT2D eigenvalue weighted by Gasteiger charge is -2.05. The molecular formula is C8H11FN2O3S. The average molecular weight is 234 g/mol. The number of ether oxygens (including phenoxy) is 1. The van der Waals surface area contributed by atoms with Crippen LogP contribution in [0.2, 0.25) is 0 Å². The van der Waals surface area contributed by atoms with Crippen molar-refractivity contribution in [2.24, 2.45) is 0 Å². The fourth-order valence-corrected chi connectivity index (χ4v) is 1.93. The molecule has 0 amide bonds. The van der Waals surface area contributed by atoms with E-state index in [9.17, 15) is 12.8 Å². The van der Waals surface area contributed by atoms with Gasteiger partial charge in [-0.15, -0.1) is 0 Å². The van der Waals surface area contributed by atoms with E-state index in [1.807, 2.05) is 0 Å². The van der Waals surface area contributed by atoms with E-state index >= 15 is 0 Å². The van der Waals surface area contributed by atoms with Gasteiger partial charge in [0.15, 0.2) is 5.82 Å². The second-order valence-corrected chi connectivity index (χ2v) is 4.36. The van der Waals surface area contributed by atoms with Gasteiger partial charge in [-0.05, 0) is 12.1 Å². The fraction of sp³-hybridized carbons (Fsp3) is 0.375. The smallest absolute Gasteiger partial charge is 0.261 e. The second-order valence-electron chi connectivity index (χ2n) is 2.68. The van der Waals surface area contributed by atoms with Crippen molar-refractivity contribution in [2.75, 3.05) is 20.3 Å². The van der Waals surface area contributed by atoms with Crippen molar-refractivity contribution in [1.82, 2.24) is 9.71 Å². The number of hydrogen-bond acceptors (Lipinski definition) is 4.